The first-order valence-corrected chi connectivity index (χ1v) is 8.44. The van der Waals surface area contributed by atoms with Crippen LogP contribution in [-0.4, -0.2) is 24.0 Å². The predicted octanol–water partition coefficient (Wildman–Crippen LogP) is 4.26. The van der Waals surface area contributed by atoms with Gasteiger partial charge in [0, 0.05) is 23.5 Å². The second-order valence-corrected chi connectivity index (χ2v) is 6.83. The molecule has 110 valence electrons. The number of hydrogen-bond acceptors (Lipinski definition) is 3. The highest BCUT2D eigenvalue weighted by molar-refractivity contribution is 7.09. The summed E-state index contributed by atoms with van der Waals surface area (Å²) in [6, 6.07) is 4.33. The van der Waals surface area contributed by atoms with Crippen molar-refractivity contribution in [3.8, 4) is 0 Å². The molecule has 19 heavy (non-hydrogen) atoms. The van der Waals surface area contributed by atoms with Gasteiger partial charge in [-0.15, -0.1) is 11.3 Å². The van der Waals surface area contributed by atoms with Gasteiger partial charge >= 0.3 is 0 Å². The Morgan fingerprint density at radius 2 is 2.00 bits per heavy atom. The minimum Gasteiger partial charge on any atom is -0.329 e. The topological polar surface area (TPSA) is 29.3 Å². The number of unbranched alkanes of at least 4 members (excludes halogenated alkanes) is 4. The van der Waals surface area contributed by atoms with Crippen molar-refractivity contribution in [2.24, 2.45) is 5.73 Å². The van der Waals surface area contributed by atoms with Crippen molar-refractivity contribution in [3.63, 3.8) is 0 Å². The lowest BCUT2D eigenvalue weighted by atomic mass is 9.92. The summed E-state index contributed by atoms with van der Waals surface area (Å²) in [5.41, 5.74) is 6.17. The number of nitrogens with two attached hydrogens (primary N) is 1. The molecule has 2 nitrogen and oxygen atoms in total. The highest BCUT2D eigenvalue weighted by Gasteiger charge is 2.27. The molecule has 0 saturated carbocycles. The van der Waals surface area contributed by atoms with Crippen LogP contribution in [0.1, 0.15) is 57.2 Å². The van der Waals surface area contributed by atoms with Crippen molar-refractivity contribution in [3.05, 3.63) is 22.4 Å². The van der Waals surface area contributed by atoms with Gasteiger partial charge in [-0.05, 0) is 31.8 Å². The van der Waals surface area contributed by atoms with Gasteiger partial charge in [0.2, 0.25) is 0 Å². The molecule has 1 heterocycles. The van der Waals surface area contributed by atoms with E-state index in [1.165, 1.54) is 43.4 Å². The first-order chi connectivity index (χ1) is 9.12. The first-order valence-electron chi connectivity index (χ1n) is 7.56. The maximum Gasteiger partial charge on any atom is 0.0330 e. The van der Waals surface area contributed by atoms with Gasteiger partial charge < -0.3 is 5.73 Å². The van der Waals surface area contributed by atoms with Crippen LogP contribution in [0.4, 0.5) is 0 Å². The van der Waals surface area contributed by atoms with Gasteiger partial charge in [-0.1, -0.05) is 45.1 Å². The Bertz CT molecular complexity index is 323. The molecule has 3 heteroatoms. The van der Waals surface area contributed by atoms with Crippen molar-refractivity contribution in [2.45, 2.75) is 64.5 Å². The molecule has 0 aliphatic heterocycles. The third-order valence-corrected chi connectivity index (χ3v) is 5.01. The van der Waals surface area contributed by atoms with Crippen LogP contribution >= 0.6 is 11.3 Å². The van der Waals surface area contributed by atoms with E-state index in [9.17, 15) is 0 Å². The highest BCUT2D eigenvalue weighted by atomic mass is 32.1. The Morgan fingerprint density at radius 3 is 2.58 bits per heavy atom. The largest absolute Gasteiger partial charge is 0.329 e. The Balaban J connectivity index is 2.39. The van der Waals surface area contributed by atoms with Crippen molar-refractivity contribution >= 4 is 11.3 Å². The van der Waals surface area contributed by atoms with Crippen molar-refractivity contribution < 1.29 is 0 Å². The van der Waals surface area contributed by atoms with Crippen molar-refractivity contribution in [2.75, 3.05) is 13.6 Å². The Kier molecular flexibility index (Phi) is 7.66. The van der Waals surface area contributed by atoms with Gasteiger partial charge in [0.25, 0.3) is 0 Å². The molecule has 1 unspecified atom stereocenters. The molecule has 0 radical (unpaired) electrons. The standard InChI is InChI=1S/C16H30N2S/c1-4-5-6-7-8-11-16(2,14-17)18(3)13-15-10-9-12-19-15/h9-10,12H,4-8,11,13-14,17H2,1-3H3. The third-order valence-electron chi connectivity index (χ3n) is 4.15. The van der Waals surface area contributed by atoms with Crippen LogP contribution in [0.15, 0.2) is 17.5 Å². The zero-order valence-electron chi connectivity index (χ0n) is 12.8. The van der Waals surface area contributed by atoms with E-state index in [1.807, 2.05) is 11.3 Å². The van der Waals surface area contributed by atoms with Gasteiger partial charge in [-0.3, -0.25) is 4.90 Å². The summed E-state index contributed by atoms with van der Waals surface area (Å²) in [6.07, 6.45) is 7.89. The minimum atomic E-state index is 0.135. The molecule has 0 saturated heterocycles. The fraction of sp³-hybridized carbons (Fsp3) is 0.750. The second kappa shape index (κ2) is 8.72. The molecule has 1 atom stereocenters. The number of likely N-dealkylation sites (N-methyl/N-ethyl adjacent to an activating group) is 1. The van der Waals surface area contributed by atoms with Crippen LogP contribution < -0.4 is 5.73 Å². The van der Waals surface area contributed by atoms with Crippen LogP contribution in [-0.2, 0) is 6.54 Å². The molecular weight excluding hydrogens is 252 g/mol. The maximum absolute atomic E-state index is 6.04. The fourth-order valence-corrected chi connectivity index (χ4v) is 3.14. The molecule has 1 aromatic heterocycles. The zero-order chi connectivity index (χ0) is 14.1. The van der Waals surface area contributed by atoms with E-state index in [4.69, 9.17) is 5.73 Å². The van der Waals surface area contributed by atoms with Crippen LogP contribution in [0.25, 0.3) is 0 Å². The van der Waals surface area contributed by atoms with Gasteiger partial charge in [-0.25, -0.2) is 0 Å². The SMILES string of the molecule is CCCCCCCC(C)(CN)N(C)Cc1cccs1. The fourth-order valence-electron chi connectivity index (χ4n) is 2.39. The Morgan fingerprint density at radius 1 is 1.26 bits per heavy atom. The predicted molar refractivity (Wildman–Crippen MR) is 86.6 cm³/mol. The monoisotopic (exact) mass is 282 g/mol. The Labute approximate surface area is 123 Å². The molecular formula is C16H30N2S. The van der Waals surface area contributed by atoms with E-state index in [2.05, 4.69) is 43.3 Å². The number of rotatable bonds is 10. The summed E-state index contributed by atoms with van der Waals surface area (Å²) in [6.45, 7) is 6.32. The molecule has 0 aliphatic rings. The molecule has 2 N–H and O–H groups in total. The molecule has 0 amide bonds. The molecule has 0 spiro atoms. The van der Waals surface area contributed by atoms with Crippen molar-refractivity contribution in [1.29, 1.82) is 0 Å². The lowest BCUT2D eigenvalue weighted by Gasteiger charge is -2.38. The van der Waals surface area contributed by atoms with E-state index in [1.54, 1.807) is 0 Å². The molecule has 0 bridgehead atoms. The lowest BCUT2D eigenvalue weighted by molar-refractivity contribution is 0.124. The summed E-state index contributed by atoms with van der Waals surface area (Å²) >= 11 is 1.83. The summed E-state index contributed by atoms with van der Waals surface area (Å²) in [5.74, 6) is 0. The van der Waals surface area contributed by atoms with Gasteiger partial charge in [0.1, 0.15) is 0 Å². The van der Waals surface area contributed by atoms with Crippen molar-refractivity contribution in [1.82, 2.24) is 4.90 Å². The summed E-state index contributed by atoms with van der Waals surface area (Å²) in [7, 11) is 2.21. The van der Waals surface area contributed by atoms with E-state index in [0.717, 1.165) is 13.1 Å². The normalized spacial score (nSPS) is 14.8. The number of hydrogen-bond donors (Lipinski definition) is 1. The molecule has 1 rings (SSSR count). The summed E-state index contributed by atoms with van der Waals surface area (Å²) in [4.78, 5) is 3.85. The van der Waals surface area contributed by atoms with Crippen LogP contribution in [0.2, 0.25) is 0 Å². The van der Waals surface area contributed by atoms with E-state index in [-0.39, 0.29) is 5.54 Å². The lowest BCUT2D eigenvalue weighted by Crippen LogP contribution is -2.49. The molecule has 1 aromatic rings. The van der Waals surface area contributed by atoms with E-state index < -0.39 is 0 Å². The highest BCUT2D eigenvalue weighted by Crippen LogP contribution is 2.24. The average molecular weight is 282 g/mol. The van der Waals surface area contributed by atoms with Gasteiger partial charge in [0.05, 0.1) is 0 Å². The average Bonchev–Trinajstić information content (AvgIpc) is 2.91. The van der Waals surface area contributed by atoms with Crippen LogP contribution in [0.3, 0.4) is 0 Å². The number of nitrogens with zero attached hydrogens (tertiary/aromatic N) is 1. The third kappa shape index (κ3) is 5.64. The second-order valence-electron chi connectivity index (χ2n) is 5.80. The quantitative estimate of drug-likeness (QED) is 0.650. The van der Waals surface area contributed by atoms with Gasteiger partial charge in [-0.2, -0.15) is 0 Å². The van der Waals surface area contributed by atoms with E-state index in [0.29, 0.717) is 0 Å². The minimum absolute atomic E-state index is 0.135. The van der Waals surface area contributed by atoms with Crippen LogP contribution in [0, 0.1) is 0 Å². The summed E-state index contributed by atoms with van der Waals surface area (Å²) < 4.78 is 0. The molecule has 0 aromatic carbocycles. The molecule has 0 fully saturated rings. The smallest absolute Gasteiger partial charge is 0.0330 e. The Hall–Kier alpha value is -0.380. The molecule has 0 aliphatic carbocycles. The zero-order valence-corrected chi connectivity index (χ0v) is 13.6. The van der Waals surface area contributed by atoms with Gasteiger partial charge in [0.15, 0.2) is 0 Å². The maximum atomic E-state index is 6.04. The first kappa shape index (κ1) is 16.7. The van der Waals surface area contributed by atoms with E-state index >= 15 is 0 Å². The van der Waals surface area contributed by atoms with Crippen LogP contribution in [0.5, 0.6) is 0 Å². The number of thiophene rings is 1. The summed E-state index contributed by atoms with van der Waals surface area (Å²) in [5, 5.41) is 2.15.